The number of halogens is 2. The van der Waals surface area contributed by atoms with Gasteiger partial charge >= 0.3 is 0 Å². The third-order valence-electron chi connectivity index (χ3n) is 7.21. The van der Waals surface area contributed by atoms with Gasteiger partial charge in [0.2, 0.25) is 0 Å². The van der Waals surface area contributed by atoms with Gasteiger partial charge in [-0.25, -0.2) is 8.78 Å². The Labute approximate surface area is 214 Å². The smallest absolute Gasteiger partial charge is 0.257 e. The fourth-order valence-corrected chi connectivity index (χ4v) is 5.02. The van der Waals surface area contributed by atoms with E-state index in [0.717, 1.165) is 24.0 Å². The minimum absolute atomic E-state index is 0.0538. The lowest BCUT2D eigenvalue weighted by molar-refractivity contribution is 0.0330. The number of benzene rings is 3. The molecule has 192 valence electrons. The van der Waals surface area contributed by atoms with Crippen LogP contribution in [-0.2, 0) is 6.42 Å². The van der Waals surface area contributed by atoms with Crippen molar-refractivity contribution in [1.82, 2.24) is 9.80 Å². The van der Waals surface area contributed by atoms with E-state index in [1.54, 1.807) is 28.0 Å². The van der Waals surface area contributed by atoms with E-state index in [-0.39, 0.29) is 23.0 Å². The molecule has 3 aromatic carbocycles. The Balaban J connectivity index is 1.32. The van der Waals surface area contributed by atoms with Crippen molar-refractivity contribution >= 4 is 11.8 Å². The first-order chi connectivity index (χ1) is 17.8. The SMILES string of the molecule is COc1cc(OC)c(F)c(C(=O)N2CCN(C(=O)c3cccc(Cc4ccc(F)cc4)c3)CC23CC3)c1. The van der Waals surface area contributed by atoms with Crippen LogP contribution in [0, 0.1) is 11.6 Å². The molecule has 5 rings (SSSR count). The molecule has 1 saturated carbocycles. The highest BCUT2D eigenvalue weighted by atomic mass is 19.1. The Morgan fingerprint density at radius 3 is 2.32 bits per heavy atom. The summed E-state index contributed by atoms with van der Waals surface area (Å²) in [7, 11) is 2.79. The van der Waals surface area contributed by atoms with E-state index in [9.17, 15) is 18.4 Å². The van der Waals surface area contributed by atoms with Crippen LogP contribution in [0.25, 0.3) is 0 Å². The van der Waals surface area contributed by atoms with Crippen LogP contribution in [0.4, 0.5) is 8.78 Å². The molecule has 2 aliphatic rings. The second kappa shape index (κ2) is 9.84. The van der Waals surface area contributed by atoms with Crippen LogP contribution in [-0.4, -0.2) is 61.0 Å². The number of carbonyl (C=O) groups excluding carboxylic acids is 2. The third kappa shape index (κ3) is 4.88. The topological polar surface area (TPSA) is 59.1 Å². The summed E-state index contributed by atoms with van der Waals surface area (Å²) in [5, 5.41) is 0. The number of ether oxygens (including phenoxy) is 2. The predicted molar refractivity (Wildman–Crippen MR) is 134 cm³/mol. The summed E-state index contributed by atoms with van der Waals surface area (Å²) < 4.78 is 38.5. The van der Waals surface area contributed by atoms with Crippen molar-refractivity contribution in [2.45, 2.75) is 24.8 Å². The van der Waals surface area contributed by atoms with Crippen LogP contribution in [0.3, 0.4) is 0 Å². The second-order valence-corrected chi connectivity index (χ2v) is 9.60. The van der Waals surface area contributed by atoms with E-state index in [1.165, 1.54) is 38.5 Å². The van der Waals surface area contributed by atoms with Crippen LogP contribution in [0.2, 0.25) is 0 Å². The van der Waals surface area contributed by atoms with Crippen molar-refractivity contribution in [3.8, 4) is 11.5 Å². The zero-order valence-electron chi connectivity index (χ0n) is 20.8. The van der Waals surface area contributed by atoms with E-state index in [2.05, 4.69) is 0 Å². The Kier molecular flexibility index (Phi) is 6.58. The fourth-order valence-electron chi connectivity index (χ4n) is 5.02. The average Bonchev–Trinajstić information content (AvgIpc) is 3.68. The largest absolute Gasteiger partial charge is 0.497 e. The van der Waals surface area contributed by atoms with Crippen LogP contribution >= 0.6 is 0 Å². The van der Waals surface area contributed by atoms with E-state index in [0.29, 0.717) is 37.4 Å². The van der Waals surface area contributed by atoms with Gasteiger partial charge in [0.15, 0.2) is 11.6 Å². The second-order valence-electron chi connectivity index (χ2n) is 9.60. The number of hydrogen-bond acceptors (Lipinski definition) is 4. The lowest BCUT2D eigenvalue weighted by atomic mass is 10.0. The molecular formula is C29H28F2N2O4. The van der Waals surface area contributed by atoms with Crippen molar-refractivity contribution < 1.29 is 27.8 Å². The number of methoxy groups -OCH3 is 2. The van der Waals surface area contributed by atoms with Crippen molar-refractivity contribution in [3.05, 3.63) is 94.6 Å². The van der Waals surface area contributed by atoms with Crippen molar-refractivity contribution in [2.24, 2.45) is 0 Å². The molecule has 8 heteroatoms. The molecule has 0 aromatic heterocycles. The normalized spacial score (nSPS) is 16.0. The number of nitrogens with zero attached hydrogens (tertiary/aromatic N) is 2. The fraction of sp³-hybridized carbons (Fsp3) is 0.310. The molecule has 2 amide bonds. The highest BCUT2D eigenvalue weighted by Crippen LogP contribution is 2.45. The van der Waals surface area contributed by atoms with Crippen molar-refractivity contribution in [3.63, 3.8) is 0 Å². The van der Waals surface area contributed by atoms with E-state index in [4.69, 9.17) is 9.47 Å². The van der Waals surface area contributed by atoms with E-state index in [1.807, 2.05) is 18.2 Å². The van der Waals surface area contributed by atoms with Gasteiger partial charge in [0.1, 0.15) is 11.6 Å². The summed E-state index contributed by atoms with van der Waals surface area (Å²) in [5.41, 5.74) is 1.88. The Morgan fingerprint density at radius 2 is 1.65 bits per heavy atom. The Hall–Kier alpha value is -3.94. The zero-order chi connectivity index (χ0) is 26.2. The van der Waals surface area contributed by atoms with E-state index >= 15 is 0 Å². The number of piperazine rings is 1. The van der Waals surface area contributed by atoms with Gasteiger partial charge in [-0.2, -0.15) is 0 Å². The standard InChI is InChI=1S/C29H28F2N2O4/c1-36-23-16-24(26(31)25(17-23)37-2)28(35)33-13-12-32(18-29(33)10-11-29)27(34)21-5-3-4-20(15-21)14-19-6-8-22(30)9-7-19/h3-9,15-17H,10-14,18H2,1-2H3. The van der Waals surface area contributed by atoms with Gasteiger partial charge < -0.3 is 19.3 Å². The van der Waals surface area contributed by atoms with Crippen molar-refractivity contribution in [2.75, 3.05) is 33.9 Å². The molecular weight excluding hydrogens is 478 g/mol. The predicted octanol–water partition coefficient (Wildman–Crippen LogP) is 4.70. The lowest BCUT2D eigenvalue weighted by Gasteiger charge is -2.42. The molecule has 0 N–H and O–H groups in total. The molecule has 1 aliphatic heterocycles. The summed E-state index contributed by atoms with van der Waals surface area (Å²) in [6, 6.07) is 16.5. The maximum atomic E-state index is 15.0. The first-order valence-corrected chi connectivity index (χ1v) is 12.2. The molecule has 1 aliphatic carbocycles. The molecule has 0 bridgehead atoms. The summed E-state index contributed by atoms with van der Waals surface area (Å²) >= 11 is 0. The maximum absolute atomic E-state index is 15.0. The van der Waals surface area contributed by atoms with Crippen LogP contribution in [0.5, 0.6) is 11.5 Å². The molecule has 37 heavy (non-hydrogen) atoms. The molecule has 1 heterocycles. The molecule has 0 unspecified atom stereocenters. The summed E-state index contributed by atoms with van der Waals surface area (Å²) in [4.78, 5) is 30.3. The first-order valence-electron chi connectivity index (χ1n) is 12.2. The summed E-state index contributed by atoms with van der Waals surface area (Å²) in [6.07, 6.45) is 2.08. The van der Waals surface area contributed by atoms with Gasteiger partial charge in [0.05, 0.1) is 25.3 Å². The van der Waals surface area contributed by atoms with Gasteiger partial charge in [-0.1, -0.05) is 24.3 Å². The number of hydrogen-bond donors (Lipinski definition) is 0. The van der Waals surface area contributed by atoms with Gasteiger partial charge in [0, 0.05) is 31.3 Å². The van der Waals surface area contributed by atoms with Crippen LogP contribution < -0.4 is 9.47 Å². The summed E-state index contributed by atoms with van der Waals surface area (Å²) in [6.45, 7) is 1.04. The number of carbonyl (C=O) groups is 2. The Bertz CT molecular complexity index is 1340. The number of amides is 2. The highest BCUT2D eigenvalue weighted by Gasteiger charge is 2.54. The minimum atomic E-state index is -0.722. The molecule has 1 spiro atoms. The third-order valence-corrected chi connectivity index (χ3v) is 7.21. The zero-order valence-corrected chi connectivity index (χ0v) is 20.8. The van der Waals surface area contributed by atoms with Gasteiger partial charge in [-0.3, -0.25) is 9.59 Å². The lowest BCUT2D eigenvalue weighted by Crippen LogP contribution is -2.58. The van der Waals surface area contributed by atoms with Crippen LogP contribution in [0.1, 0.15) is 44.7 Å². The first kappa shape index (κ1) is 24.7. The van der Waals surface area contributed by atoms with Gasteiger partial charge in [0.25, 0.3) is 11.8 Å². The Morgan fingerprint density at radius 1 is 0.892 bits per heavy atom. The summed E-state index contributed by atoms with van der Waals surface area (Å²) in [5.74, 6) is -1.26. The molecule has 0 radical (unpaired) electrons. The molecule has 6 nitrogen and oxygen atoms in total. The molecule has 2 fully saturated rings. The van der Waals surface area contributed by atoms with E-state index < -0.39 is 17.3 Å². The minimum Gasteiger partial charge on any atom is -0.497 e. The van der Waals surface area contributed by atoms with Gasteiger partial charge in [-0.15, -0.1) is 0 Å². The van der Waals surface area contributed by atoms with Gasteiger partial charge in [-0.05, 0) is 60.7 Å². The monoisotopic (exact) mass is 506 g/mol. The van der Waals surface area contributed by atoms with Crippen LogP contribution in [0.15, 0.2) is 60.7 Å². The maximum Gasteiger partial charge on any atom is 0.257 e. The quantitative estimate of drug-likeness (QED) is 0.486. The molecule has 1 saturated heterocycles. The molecule has 3 aromatic rings. The highest BCUT2D eigenvalue weighted by molar-refractivity contribution is 5.97. The van der Waals surface area contributed by atoms with Crippen molar-refractivity contribution in [1.29, 1.82) is 0 Å². The average molecular weight is 507 g/mol. The number of rotatable bonds is 6. The molecule has 0 atom stereocenters.